The molecule has 5 heteroatoms. The van der Waals surface area contributed by atoms with Gasteiger partial charge in [-0.25, -0.2) is 5.43 Å². The van der Waals surface area contributed by atoms with E-state index in [0.717, 1.165) is 16.9 Å². The molecule has 0 aromatic heterocycles. The fourth-order valence-corrected chi connectivity index (χ4v) is 2.12. The lowest BCUT2D eigenvalue weighted by Crippen LogP contribution is -2.60. The molecule has 0 aliphatic carbocycles. The molecule has 5 nitrogen and oxygen atoms in total. The first-order valence-electron chi connectivity index (χ1n) is 5.45. The molecule has 1 aromatic carbocycles. The zero-order valence-electron chi connectivity index (χ0n) is 10.4. The van der Waals surface area contributed by atoms with Crippen molar-refractivity contribution in [3.05, 3.63) is 23.3 Å². The van der Waals surface area contributed by atoms with Gasteiger partial charge in [-0.3, -0.25) is 5.84 Å². The third-order valence-corrected chi connectivity index (χ3v) is 3.22. The molecule has 1 aliphatic heterocycles. The minimum atomic E-state index is -0.302. The summed E-state index contributed by atoms with van der Waals surface area (Å²) in [6, 6.07) is 3.90. The van der Waals surface area contributed by atoms with Crippen LogP contribution in [0.25, 0.3) is 0 Å². The second kappa shape index (κ2) is 4.52. The Bertz CT molecular complexity index is 411. The first kappa shape index (κ1) is 12.2. The summed E-state index contributed by atoms with van der Waals surface area (Å²) in [6.45, 7) is 3.16. The molecule has 0 saturated carbocycles. The van der Waals surface area contributed by atoms with E-state index in [1.165, 1.54) is 0 Å². The number of aryl methyl sites for hydroxylation is 1. The Morgan fingerprint density at radius 2 is 1.82 bits per heavy atom. The summed E-state index contributed by atoms with van der Waals surface area (Å²) in [5, 5.41) is 0. The molecule has 0 amide bonds. The highest BCUT2D eigenvalue weighted by atomic mass is 16.5. The number of hydrogen-bond donors (Lipinski definition) is 2. The molecule has 2 rings (SSSR count). The number of methoxy groups -OCH3 is 2. The fraction of sp³-hybridized carbons (Fsp3) is 0.500. The van der Waals surface area contributed by atoms with E-state index in [1.807, 2.05) is 19.1 Å². The van der Waals surface area contributed by atoms with E-state index in [4.69, 9.17) is 20.1 Å². The monoisotopic (exact) mass is 238 g/mol. The van der Waals surface area contributed by atoms with Crippen molar-refractivity contribution in [2.45, 2.75) is 12.5 Å². The first-order chi connectivity index (χ1) is 8.16. The maximum Gasteiger partial charge on any atom is 0.161 e. The number of nitrogens with one attached hydrogen (secondary N) is 1. The highest BCUT2D eigenvalue weighted by Crippen LogP contribution is 2.37. The first-order valence-corrected chi connectivity index (χ1v) is 5.45. The van der Waals surface area contributed by atoms with Gasteiger partial charge in [0.25, 0.3) is 0 Å². The van der Waals surface area contributed by atoms with E-state index < -0.39 is 0 Å². The molecule has 94 valence electrons. The van der Waals surface area contributed by atoms with E-state index in [9.17, 15) is 0 Å². The minimum absolute atomic E-state index is 0.302. The third-order valence-electron chi connectivity index (χ3n) is 3.22. The van der Waals surface area contributed by atoms with E-state index in [-0.39, 0.29) is 5.54 Å². The molecule has 0 bridgehead atoms. The average Bonchev–Trinajstić information content (AvgIpc) is 2.29. The molecule has 0 unspecified atom stereocenters. The van der Waals surface area contributed by atoms with Crippen LogP contribution in [0.5, 0.6) is 11.5 Å². The van der Waals surface area contributed by atoms with Crippen LogP contribution in [-0.2, 0) is 10.3 Å². The SMILES string of the molecule is COc1cc(C)c(C2(NN)COC2)cc1OC. The Balaban J connectivity index is 2.47. The topological polar surface area (TPSA) is 65.7 Å². The van der Waals surface area contributed by atoms with Crippen molar-refractivity contribution in [3.63, 3.8) is 0 Å². The third kappa shape index (κ3) is 1.86. The molecule has 0 radical (unpaired) electrons. The number of benzene rings is 1. The molecule has 3 N–H and O–H groups in total. The Hall–Kier alpha value is -1.30. The normalized spacial score (nSPS) is 17.4. The zero-order chi connectivity index (χ0) is 12.5. The van der Waals surface area contributed by atoms with E-state index >= 15 is 0 Å². The molecule has 0 spiro atoms. The Morgan fingerprint density at radius 3 is 2.24 bits per heavy atom. The lowest BCUT2D eigenvalue weighted by atomic mass is 9.85. The Morgan fingerprint density at radius 1 is 1.24 bits per heavy atom. The molecule has 1 saturated heterocycles. The summed E-state index contributed by atoms with van der Waals surface area (Å²) in [6.07, 6.45) is 0. The molecular formula is C12H18N2O3. The maximum atomic E-state index is 5.63. The highest BCUT2D eigenvalue weighted by molar-refractivity contribution is 5.50. The largest absolute Gasteiger partial charge is 0.493 e. The van der Waals surface area contributed by atoms with Crippen LogP contribution in [0.1, 0.15) is 11.1 Å². The van der Waals surface area contributed by atoms with Gasteiger partial charge in [-0.2, -0.15) is 0 Å². The van der Waals surface area contributed by atoms with E-state index in [0.29, 0.717) is 19.0 Å². The van der Waals surface area contributed by atoms with Crippen molar-refractivity contribution < 1.29 is 14.2 Å². The van der Waals surface area contributed by atoms with Crippen molar-refractivity contribution in [3.8, 4) is 11.5 Å². The minimum Gasteiger partial charge on any atom is -0.493 e. The van der Waals surface area contributed by atoms with Crippen LogP contribution in [0.3, 0.4) is 0 Å². The van der Waals surface area contributed by atoms with Crippen LogP contribution in [0, 0.1) is 6.92 Å². The molecular weight excluding hydrogens is 220 g/mol. The van der Waals surface area contributed by atoms with Crippen LogP contribution in [0.2, 0.25) is 0 Å². The van der Waals surface area contributed by atoms with Crippen molar-refractivity contribution in [1.29, 1.82) is 0 Å². The summed E-state index contributed by atoms with van der Waals surface area (Å²) in [4.78, 5) is 0. The van der Waals surface area contributed by atoms with Crippen LogP contribution in [0.15, 0.2) is 12.1 Å². The maximum absolute atomic E-state index is 5.63. The van der Waals surface area contributed by atoms with Crippen molar-refractivity contribution in [2.75, 3.05) is 27.4 Å². The van der Waals surface area contributed by atoms with Gasteiger partial charge in [0.2, 0.25) is 0 Å². The second-order valence-corrected chi connectivity index (χ2v) is 4.24. The van der Waals surface area contributed by atoms with Gasteiger partial charge in [0.1, 0.15) is 5.54 Å². The number of hydrazine groups is 1. The quantitative estimate of drug-likeness (QED) is 0.597. The molecule has 1 fully saturated rings. The predicted octanol–water partition coefficient (Wildman–Crippen LogP) is 0.701. The van der Waals surface area contributed by atoms with Gasteiger partial charge >= 0.3 is 0 Å². The number of hydrogen-bond acceptors (Lipinski definition) is 5. The lowest BCUT2D eigenvalue weighted by Gasteiger charge is -2.42. The van der Waals surface area contributed by atoms with E-state index in [2.05, 4.69) is 5.43 Å². The van der Waals surface area contributed by atoms with Gasteiger partial charge in [-0.1, -0.05) is 0 Å². The standard InChI is InChI=1S/C12H18N2O3/c1-8-4-10(15-2)11(16-3)5-9(8)12(14-13)6-17-7-12/h4-5,14H,6-7,13H2,1-3H3. The predicted molar refractivity (Wildman–Crippen MR) is 64.1 cm³/mol. The molecule has 17 heavy (non-hydrogen) atoms. The number of ether oxygens (including phenoxy) is 3. The summed E-state index contributed by atoms with van der Waals surface area (Å²) in [5.74, 6) is 7.06. The lowest BCUT2D eigenvalue weighted by molar-refractivity contribution is -0.0790. The van der Waals surface area contributed by atoms with Gasteiger partial charge < -0.3 is 14.2 Å². The van der Waals surface area contributed by atoms with Crippen LogP contribution in [0.4, 0.5) is 0 Å². The van der Waals surface area contributed by atoms with Gasteiger partial charge in [-0.15, -0.1) is 0 Å². The highest BCUT2D eigenvalue weighted by Gasteiger charge is 2.41. The summed E-state index contributed by atoms with van der Waals surface area (Å²) >= 11 is 0. The van der Waals surface area contributed by atoms with E-state index in [1.54, 1.807) is 14.2 Å². The van der Waals surface area contributed by atoms with Crippen LogP contribution >= 0.6 is 0 Å². The van der Waals surface area contributed by atoms with Gasteiger partial charge in [-0.05, 0) is 30.2 Å². The molecule has 1 aliphatic rings. The summed E-state index contributed by atoms with van der Waals surface area (Å²) < 4.78 is 15.8. The molecule has 1 heterocycles. The van der Waals surface area contributed by atoms with Crippen LogP contribution in [-0.4, -0.2) is 27.4 Å². The fourth-order valence-electron chi connectivity index (χ4n) is 2.12. The second-order valence-electron chi connectivity index (χ2n) is 4.24. The number of nitrogens with two attached hydrogens (primary N) is 1. The molecule has 1 aromatic rings. The Kier molecular flexibility index (Phi) is 3.24. The summed E-state index contributed by atoms with van der Waals surface area (Å²) in [5.41, 5.74) is 4.73. The average molecular weight is 238 g/mol. The Labute approximate surface area is 101 Å². The van der Waals surface area contributed by atoms with Gasteiger partial charge in [0.15, 0.2) is 11.5 Å². The molecule has 0 atom stereocenters. The van der Waals surface area contributed by atoms with Crippen molar-refractivity contribution >= 4 is 0 Å². The zero-order valence-corrected chi connectivity index (χ0v) is 10.4. The smallest absolute Gasteiger partial charge is 0.161 e. The summed E-state index contributed by atoms with van der Waals surface area (Å²) in [7, 11) is 3.25. The van der Waals surface area contributed by atoms with Crippen molar-refractivity contribution in [2.24, 2.45) is 5.84 Å². The van der Waals surface area contributed by atoms with Gasteiger partial charge in [0, 0.05) is 0 Å². The van der Waals surface area contributed by atoms with Gasteiger partial charge in [0.05, 0.1) is 27.4 Å². The van der Waals surface area contributed by atoms with Crippen LogP contribution < -0.4 is 20.7 Å². The van der Waals surface area contributed by atoms with Crippen molar-refractivity contribution in [1.82, 2.24) is 5.43 Å². The number of rotatable bonds is 4.